The molecular formula is C13H21N3O2S. The van der Waals surface area contributed by atoms with Crippen LogP contribution in [-0.2, 0) is 0 Å². The summed E-state index contributed by atoms with van der Waals surface area (Å²) in [5.41, 5.74) is 11.9. The molecule has 106 valence electrons. The summed E-state index contributed by atoms with van der Waals surface area (Å²) in [6.45, 7) is 3.10. The molecule has 0 aromatic carbocycles. The number of nitrogen functional groups attached to an aromatic ring is 1. The van der Waals surface area contributed by atoms with Gasteiger partial charge in [0.1, 0.15) is 15.6 Å². The zero-order chi connectivity index (χ0) is 14.0. The summed E-state index contributed by atoms with van der Waals surface area (Å²) in [6, 6.07) is 0. The number of rotatable bonds is 6. The summed E-state index contributed by atoms with van der Waals surface area (Å²) < 4.78 is 5.27. The highest BCUT2D eigenvalue weighted by Crippen LogP contribution is 2.46. The molecule has 0 atom stereocenters. The van der Waals surface area contributed by atoms with Crippen LogP contribution in [0.15, 0.2) is 0 Å². The number of amides is 1. The van der Waals surface area contributed by atoms with Crippen LogP contribution in [0.5, 0.6) is 5.75 Å². The van der Waals surface area contributed by atoms with E-state index in [0.29, 0.717) is 21.7 Å². The second-order valence-electron chi connectivity index (χ2n) is 5.13. The predicted octanol–water partition coefficient (Wildman–Crippen LogP) is 2.43. The molecule has 19 heavy (non-hydrogen) atoms. The molecule has 0 aliphatic heterocycles. The number of methoxy groups -OCH3 is 1. The fourth-order valence-corrected chi connectivity index (χ4v) is 3.47. The fraction of sp³-hybridized carbons (Fsp3) is 0.615. The standard InChI is InChI=1S/C13H21N3O2S/c1-3-13(5-4-6-13)7-16-12-9(18-2)8(14)10(19-12)11(15)17/h16H,3-7,14H2,1-2H3,(H2,15,17). The first-order chi connectivity index (χ1) is 9.03. The zero-order valence-corrected chi connectivity index (χ0v) is 12.2. The lowest BCUT2D eigenvalue weighted by atomic mass is 9.67. The van der Waals surface area contributed by atoms with Crippen molar-refractivity contribution >= 4 is 27.9 Å². The molecule has 0 spiro atoms. The number of carbonyl (C=O) groups is 1. The number of thiophene rings is 1. The quantitative estimate of drug-likeness (QED) is 0.748. The van der Waals surface area contributed by atoms with Crippen molar-refractivity contribution in [2.24, 2.45) is 11.1 Å². The Morgan fingerprint density at radius 2 is 2.21 bits per heavy atom. The maximum Gasteiger partial charge on any atom is 0.261 e. The molecule has 1 aliphatic rings. The van der Waals surface area contributed by atoms with E-state index in [4.69, 9.17) is 16.2 Å². The summed E-state index contributed by atoms with van der Waals surface area (Å²) in [7, 11) is 1.55. The molecule has 1 aliphatic carbocycles. The minimum Gasteiger partial charge on any atom is -0.492 e. The van der Waals surface area contributed by atoms with Gasteiger partial charge >= 0.3 is 0 Å². The summed E-state index contributed by atoms with van der Waals surface area (Å²) in [5.74, 6) is 0.0204. The number of primary amides is 1. The number of anilines is 2. The SMILES string of the molecule is CCC1(CNc2sc(C(N)=O)c(N)c2OC)CCC1. The first-order valence-corrected chi connectivity index (χ1v) is 7.34. The van der Waals surface area contributed by atoms with Crippen molar-refractivity contribution < 1.29 is 9.53 Å². The van der Waals surface area contributed by atoms with E-state index in [1.54, 1.807) is 7.11 Å². The molecule has 1 aromatic rings. The van der Waals surface area contributed by atoms with Crippen LogP contribution < -0.4 is 21.5 Å². The normalized spacial score (nSPS) is 16.7. The topological polar surface area (TPSA) is 90.4 Å². The van der Waals surface area contributed by atoms with Crippen LogP contribution in [0.2, 0.25) is 0 Å². The van der Waals surface area contributed by atoms with E-state index < -0.39 is 5.91 Å². The maximum absolute atomic E-state index is 11.3. The molecule has 2 rings (SSSR count). The van der Waals surface area contributed by atoms with Gasteiger partial charge in [0.05, 0.1) is 7.11 Å². The molecular weight excluding hydrogens is 262 g/mol. The average molecular weight is 283 g/mol. The van der Waals surface area contributed by atoms with Crippen LogP contribution in [0.1, 0.15) is 42.3 Å². The summed E-state index contributed by atoms with van der Waals surface area (Å²) in [6.07, 6.45) is 4.96. The Morgan fingerprint density at radius 1 is 1.53 bits per heavy atom. The number of carbonyl (C=O) groups excluding carboxylic acids is 1. The number of nitrogens with one attached hydrogen (secondary N) is 1. The van der Waals surface area contributed by atoms with Gasteiger partial charge in [-0.3, -0.25) is 4.79 Å². The maximum atomic E-state index is 11.3. The van der Waals surface area contributed by atoms with Gasteiger partial charge in [-0.15, -0.1) is 11.3 Å². The first-order valence-electron chi connectivity index (χ1n) is 6.53. The molecule has 0 saturated heterocycles. The van der Waals surface area contributed by atoms with Gasteiger partial charge in [-0.1, -0.05) is 13.3 Å². The Labute approximate surface area is 117 Å². The molecule has 5 nitrogen and oxygen atoms in total. The Balaban J connectivity index is 2.15. The summed E-state index contributed by atoms with van der Waals surface area (Å²) >= 11 is 1.27. The fourth-order valence-electron chi connectivity index (χ4n) is 2.53. The molecule has 1 heterocycles. The second kappa shape index (κ2) is 5.28. The lowest BCUT2D eigenvalue weighted by Gasteiger charge is -2.41. The van der Waals surface area contributed by atoms with E-state index in [0.717, 1.165) is 18.0 Å². The number of ether oxygens (including phenoxy) is 1. The van der Waals surface area contributed by atoms with Gasteiger partial charge in [0.25, 0.3) is 5.91 Å². The third-order valence-corrected chi connectivity index (χ3v) is 5.27. The van der Waals surface area contributed by atoms with Crippen LogP contribution in [0, 0.1) is 5.41 Å². The van der Waals surface area contributed by atoms with E-state index in [-0.39, 0.29) is 0 Å². The van der Waals surface area contributed by atoms with Crippen LogP contribution in [0.4, 0.5) is 10.7 Å². The lowest BCUT2D eigenvalue weighted by Crippen LogP contribution is -2.35. The van der Waals surface area contributed by atoms with Gasteiger partial charge in [0.15, 0.2) is 5.75 Å². The van der Waals surface area contributed by atoms with Gasteiger partial charge in [-0.05, 0) is 24.7 Å². The highest BCUT2D eigenvalue weighted by molar-refractivity contribution is 7.19. The van der Waals surface area contributed by atoms with Crippen molar-refractivity contribution in [2.75, 3.05) is 24.7 Å². The number of nitrogens with two attached hydrogens (primary N) is 2. The minimum absolute atomic E-state index is 0.335. The van der Waals surface area contributed by atoms with Crippen LogP contribution in [-0.4, -0.2) is 19.6 Å². The van der Waals surface area contributed by atoms with Crippen molar-refractivity contribution in [1.82, 2.24) is 0 Å². The average Bonchev–Trinajstić information content (AvgIpc) is 2.65. The first kappa shape index (κ1) is 14.0. The van der Waals surface area contributed by atoms with Crippen molar-refractivity contribution in [3.63, 3.8) is 0 Å². The van der Waals surface area contributed by atoms with Gasteiger partial charge in [-0.25, -0.2) is 0 Å². The highest BCUT2D eigenvalue weighted by atomic mass is 32.1. The molecule has 0 unspecified atom stereocenters. The third-order valence-electron chi connectivity index (χ3n) is 4.12. The van der Waals surface area contributed by atoms with E-state index in [9.17, 15) is 4.79 Å². The van der Waals surface area contributed by atoms with E-state index in [2.05, 4.69) is 12.2 Å². The Hall–Kier alpha value is -1.43. The molecule has 0 bridgehead atoms. The van der Waals surface area contributed by atoms with Gasteiger partial charge in [-0.2, -0.15) is 0 Å². The van der Waals surface area contributed by atoms with Gasteiger partial charge in [0.2, 0.25) is 0 Å². The van der Waals surface area contributed by atoms with E-state index in [1.165, 1.54) is 30.6 Å². The second-order valence-corrected chi connectivity index (χ2v) is 6.15. The molecule has 5 N–H and O–H groups in total. The number of hydrogen-bond donors (Lipinski definition) is 3. The molecule has 0 radical (unpaired) electrons. The Morgan fingerprint density at radius 3 is 2.63 bits per heavy atom. The zero-order valence-electron chi connectivity index (χ0n) is 11.4. The summed E-state index contributed by atoms with van der Waals surface area (Å²) in [5, 5.41) is 4.18. The highest BCUT2D eigenvalue weighted by Gasteiger charge is 2.35. The van der Waals surface area contributed by atoms with Crippen LogP contribution in [0.25, 0.3) is 0 Å². The van der Waals surface area contributed by atoms with Gasteiger partial charge < -0.3 is 21.5 Å². The summed E-state index contributed by atoms with van der Waals surface area (Å²) in [4.78, 5) is 11.7. The van der Waals surface area contributed by atoms with Crippen molar-refractivity contribution in [2.45, 2.75) is 32.6 Å². The van der Waals surface area contributed by atoms with Crippen molar-refractivity contribution in [1.29, 1.82) is 0 Å². The molecule has 1 aromatic heterocycles. The number of hydrogen-bond acceptors (Lipinski definition) is 5. The predicted molar refractivity (Wildman–Crippen MR) is 78.9 cm³/mol. The molecule has 6 heteroatoms. The molecule has 1 amide bonds. The Bertz CT molecular complexity index is 475. The van der Waals surface area contributed by atoms with Crippen molar-refractivity contribution in [3.8, 4) is 5.75 Å². The molecule has 1 fully saturated rings. The van der Waals surface area contributed by atoms with Crippen molar-refractivity contribution in [3.05, 3.63) is 4.88 Å². The Kier molecular flexibility index (Phi) is 3.89. The smallest absolute Gasteiger partial charge is 0.261 e. The largest absolute Gasteiger partial charge is 0.492 e. The van der Waals surface area contributed by atoms with E-state index >= 15 is 0 Å². The van der Waals surface area contributed by atoms with E-state index in [1.807, 2.05) is 0 Å². The monoisotopic (exact) mass is 283 g/mol. The van der Waals surface area contributed by atoms with Gasteiger partial charge in [0, 0.05) is 6.54 Å². The molecule has 1 saturated carbocycles. The third kappa shape index (κ3) is 2.49. The van der Waals surface area contributed by atoms with Crippen LogP contribution in [0.3, 0.4) is 0 Å². The van der Waals surface area contributed by atoms with Crippen LogP contribution >= 0.6 is 11.3 Å². The minimum atomic E-state index is -0.511. The lowest BCUT2D eigenvalue weighted by molar-refractivity contribution is 0.100.